The highest BCUT2D eigenvalue weighted by Crippen LogP contribution is 2.20. The van der Waals surface area contributed by atoms with Crippen LogP contribution in [0.3, 0.4) is 0 Å². The van der Waals surface area contributed by atoms with E-state index < -0.39 is 0 Å². The van der Waals surface area contributed by atoms with Gasteiger partial charge in [-0.2, -0.15) is 0 Å². The minimum atomic E-state index is 0.726. The Hall–Kier alpha value is -1.59. The molecule has 5 nitrogen and oxygen atoms in total. The van der Waals surface area contributed by atoms with Gasteiger partial charge in [-0.1, -0.05) is 0 Å². The van der Waals surface area contributed by atoms with Gasteiger partial charge in [-0.05, 0) is 25.0 Å². The van der Waals surface area contributed by atoms with E-state index in [1.807, 2.05) is 6.20 Å². The molecule has 0 spiro atoms. The van der Waals surface area contributed by atoms with Gasteiger partial charge in [0.15, 0.2) is 0 Å². The average Bonchev–Trinajstić information content (AvgIpc) is 2.99. The zero-order valence-corrected chi connectivity index (χ0v) is 11.6. The van der Waals surface area contributed by atoms with Crippen LogP contribution in [0.2, 0.25) is 0 Å². The lowest BCUT2D eigenvalue weighted by Crippen LogP contribution is -2.33. The molecule has 2 aromatic heterocycles. The maximum absolute atomic E-state index is 5.90. The lowest BCUT2D eigenvalue weighted by Gasteiger charge is -2.26. The highest BCUT2D eigenvalue weighted by molar-refractivity contribution is 5.08. The van der Waals surface area contributed by atoms with Gasteiger partial charge in [-0.15, -0.1) is 0 Å². The second kappa shape index (κ2) is 5.07. The van der Waals surface area contributed by atoms with E-state index in [0.717, 1.165) is 56.1 Å². The number of aromatic nitrogens is 2. The lowest BCUT2D eigenvalue weighted by atomic mass is 10.3. The minimum Gasteiger partial charge on any atom is -0.463 e. The van der Waals surface area contributed by atoms with Crippen LogP contribution < -0.4 is 5.32 Å². The number of hydrogen-bond acceptors (Lipinski definition) is 4. The molecule has 2 aliphatic rings. The van der Waals surface area contributed by atoms with Gasteiger partial charge in [0.2, 0.25) is 0 Å². The maximum Gasteiger partial charge on any atom is 0.122 e. The standard InChI is InChI=1S/C15H20N4O/c1-2-12(1)17-9-13-3-4-14(20-13)10-18-7-8-19-6-5-16-15(19)11-18/h3-6,12,17H,1-2,7-11H2. The predicted octanol–water partition coefficient (Wildman–Crippen LogP) is 1.74. The Bertz CT molecular complexity index is 584. The summed E-state index contributed by atoms with van der Waals surface area (Å²) >= 11 is 0. The van der Waals surface area contributed by atoms with Crippen molar-refractivity contribution in [2.24, 2.45) is 0 Å². The second-order valence-corrected chi connectivity index (χ2v) is 5.77. The molecular formula is C15H20N4O. The number of imidazole rings is 1. The number of fused-ring (bicyclic) bond motifs is 1. The highest BCUT2D eigenvalue weighted by Gasteiger charge is 2.21. The molecule has 0 unspecified atom stereocenters. The van der Waals surface area contributed by atoms with Crippen LogP contribution in [0, 0.1) is 0 Å². The van der Waals surface area contributed by atoms with Crippen molar-refractivity contribution in [3.8, 4) is 0 Å². The highest BCUT2D eigenvalue weighted by atomic mass is 16.3. The normalized spacial score (nSPS) is 19.2. The zero-order valence-electron chi connectivity index (χ0n) is 11.6. The van der Waals surface area contributed by atoms with Crippen LogP contribution in [0.5, 0.6) is 0 Å². The fourth-order valence-corrected chi connectivity index (χ4v) is 2.71. The van der Waals surface area contributed by atoms with Crippen molar-refractivity contribution in [1.82, 2.24) is 19.8 Å². The first-order valence-corrected chi connectivity index (χ1v) is 7.40. The van der Waals surface area contributed by atoms with Crippen LogP contribution in [-0.2, 0) is 26.2 Å². The van der Waals surface area contributed by atoms with Gasteiger partial charge in [0.05, 0.1) is 19.6 Å². The van der Waals surface area contributed by atoms with Crippen molar-refractivity contribution in [2.45, 2.75) is 45.1 Å². The van der Waals surface area contributed by atoms with Crippen molar-refractivity contribution in [1.29, 1.82) is 0 Å². The van der Waals surface area contributed by atoms with Gasteiger partial charge in [-0.25, -0.2) is 4.98 Å². The summed E-state index contributed by atoms with van der Waals surface area (Å²) < 4.78 is 8.13. The van der Waals surface area contributed by atoms with Crippen LogP contribution in [0.15, 0.2) is 28.9 Å². The van der Waals surface area contributed by atoms with Gasteiger partial charge < -0.3 is 14.3 Å². The zero-order chi connectivity index (χ0) is 13.4. The van der Waals surface area contributed by atoms with E-state index in [1.54, 1.807) is 0 Å². The molecule has 1 aliphatic carbocycles. The predicted molar refractivity (Wildman–Crippen MR) is 74.9 cm³/mol. The summed E-state index contributed by atoms with van der Waals surface area (Å²) in [4.78, 5) is 6.78. The van der Waals surface area contributed by atoms with Crippen LogP contribution in [0.1, 0.15) is 30.2 Å². The Labute approximate surface area is 118 Å². The SMILES string of the molecule is c1cn2c(n1)CN(Cc1ccc(CNC3CC3)o1)CC2. The Morgan fingerprint density at radius 3 is 3.05 bits per heavy atom. The Morgan fingerprint density at radius 1 is 1.25 bits per heavy atom. The molecule has 106 valence electrons. The molecule has 0 bridgehead atoms. The number of hydrogen-bond donors (Lipinski definition) is 1. The van der Waals surface area contributed by atoms with Crippen LogP contribution >= 0.6 is 0 Å². The van der Waals surface area contributed by atoms with Crippen LogP contribution in [0.4, 0.5) is 0 Å². The molecule has 1 N–H and O–H groups in total. The summed E-state index contributed by atoms with van der Waals surface area (Å²) in [6.07, 6.45) is 6.57. The van der Waals surface area contributed by atoms with E-state index >= 15 is 0 Å². The van der Waals surface area contributed by atoms with E-state index in [4.69, 9.17) is 4.42 Å². The molecule has 0 saturated heterocycles. The Kier molecular flexibility index (Phi) is 3.09. The molecule has 3 heterocycles. The van der Waals surface area contributed by atoms with Gasteiger partial charge in [0.1, 0.15) is 17.3 Å². The Balaban J connectivity index is 1.34. The number of nitrogens with one attached hydrogen (secondary N) is 1. The quantitative estimate of drug-likeness (QED) is 0.900. The van der Waals surface area contributed by atoms with Crippen molar-refractivity contribution in [2.75, 3.05) is 6.54 Å². The maximum atomic E-state index is 5.90. The summed E-state index contributed by atoms with van der Waals surface area (Å²) in [5, 5.41) is 3.48. The van der Waals surface area contributed by atoms with Gasteiger partial charge in [-0.3, -0.25) is 4.90 Å². The third-order valence-electron chi connectivity index (χ3n) is 4.06. The summed E-state index contributed by atoms with van der Waals surface area (Å²) in [6, 6.07) is 4.92. The molecule has 0 aromatic carbocycles. The Morgan fingerprint density at radius 2 is 2.15 bits per heavy atom. The molecule has 0 atom stereocenters. The monoisotopic (exact) mass is 272 g/mol. The number of rotatable bonds is 5. The molecular weight excluding hydrogens is 252 g/mol. The third kappa shape index (κ3) is 2.64. The van der Waals surface area contributed by atoms with Crippen molar-refractivity contribution < 1.29 is 4.42 Å². The second-order valence-electron chi connectivity index (χ2n) is 5.77. The molecule has 5 heteroatoms. The molecule has 1 saturated carbocycles. The summed E-state index contributed by atoms with van der Waals surface area (Å²) in [5.74, 6) is 3.25. The smallest absolute Gasteiger partial charge is 0.122 e. The van der Waals surface area contributed by atoms with E-state index in [-0.39, 0.29) is 0 Å². The third-order valence-corrected chi connectivity index (χ3v) is 4.06. The van der Waals surface area contributed by atoms with Crippen molar-refractivity contribution in [3.05, 3.63) is 41.9 Å². The number of furan rings is 1. The lowest BCUT2D eigenvalue weighted by molar-refractivity contribution is 0.192. The average molecular weight is 272 g/mol. The molecule has 1 fully saturated rings. The van der Waals surface area contributed by atoms with Crippen LogP contribution in [0.25, 0.3) is 0 Å². The fourth-order valence-electron chi connectivity index (χ4n) is 2.71. The van der Waals surface area contributed by atoms with E-state index in [2.05, 4.69) is 38.1 Å². The first kappa shape index (κ1) is 12.2. The molecule has 4 rings (SSSR count). The topological polar surface area (TPSA) is 46.2 Å². The molecule has 0 radical (unpaired) electrons. The largest absolute Gasteiger partial charge is 0.463 e. The van der Waals surface area contributed by atoms with E-state index in [0.29, 0.717) is 0 Å². The number of nitrogens with zero attached hydrogens (tertiary/aromatic N) is 3. The van der Waals surface area contributed by atoms with Crippen molar-refractivity contribution >= 4 is 0 Å². The molecule has 20 heavy (non-hydrogen) atoms. The van der Waals surface area contributed by atoms with E-state index in [9.17, 15) is 0 Å². The summed E-state index contributed by atoms with van der Waals surface area (Å²) in [7, 11) is 0. The van der Waals surface area contributed by atoms with Gasteiger partial charge in [0, 0.05) is 31.5 Å². The fraction of sp³-hybridized carbons (Fsp3) is 0.533. The summed E-state index contributed by atoms with van der Waals surface area (Å²) in [6.45, 7) is 4.71. The summed E-state index contributed by atoms with van der Waals surface area (Å²) in [5.41, 5.74) is 0. The van der Waals surface area contributed by atoms with Crippen LogP contribution in [-0.4, -0.2) is 27.0 Å². The first-order chi connectivity index (χ1) is 9.87. The van der Waals surface area contributed by atoms with Gasteiger partial charge in [0.25, 0.3) is 0 Å². The van der Waals surface area contributed by atoms with Crippen molar-refractivity contribution in [3.63, 3.8) is 0 Å². The van der Waals surface area contributed by atoms with Gasteiger partial charge >= 0.3 is 0 Å². The molecule has 1 aliphatic heterocycles. The first-order valence-electron chi connectivity index (χ1n) is 7.40. The molecule has 0 amide bonds. The molecule has 2 aromatic rings. The van der Waals surface area contributed by atoms with E-state index in [1.165, 1.54) is 12.8 Å². The minimum absolute atomic E-state index is 0.726.